The number of nitrogens with one attached hydrogen (secondary N) is 1. The molecular weight excluding hydrogens is 192 g/mol. The van der Waals surface area contributed by atoms with Crippen LogP contribution in [0.25, 0.3) is 0 Å². The number of anilines is 1. The summed E-state index contributed by atoms with van der Waals surface area (Å²) in [6.45, 7) is 1.51. The second-order valence-electron chi connectivity index (χ2n) is 1.83. The third-order valence-corrected chi connectivity index (χ3v) is 5.16. The Morgan fingerprint density at radius 3 is 3.11 bits per heavy atom. The van der Waals surface area contributed by atoms with Gasteiger partial charge in [0, 0.05) is 0 Å². The predicted molar refractivity (Wildman–Crippen MR) is 42.4 cm³/mol. The average molecular weight is 197 g/mol. The quantitative estimate of drug-likeness (QED) is 0.487. The van der Waals surface area contributed by atoms with E-state index in [2.05, 4.69) is 28.5 Å². The molecule has 1 aliphatic rings. The molecule has 1 nitrogen and oxygen atoms in total. The van der Waals surface area contributed by atoms with Crippen molar-refractivity contribution in [3.8, 4) is 0 Å². The maximum absolute atomic E-state index is 3.38. The van der Waals surface area contributed by atoms with E-state index in [4.69, 9.17) is 0 Å². The summed E-state index contributed by atoms with van der Waals surface area (Å²) < 4.78 is 3.38. The van der Waals surface area contributed by atoms with Gasteiger partial charge in [-0.1, -0.05) is 0 Å². The van der Waals surface area contributed by atoms with Crippen molar-refractivity contribution in [3.05, 3.63) is 24.3 Å². The van der Waals surface area contributed by atoms with Crippen LogP contribution in [0, 0.1) is 0 Å². The van der Waals surface area contributed by atoms with Crippen molar-refractivity contribution in [3.63, 3.8) is 0 Å². The van der Waals surface area contributed by atoms with Crippen LogP contribution in [0.4, 0.5) is 5.69 Å². The summed E-state index contributed by atoms with van der Waals surface area (Å²) in [5, 5.41) is 1.47. The van der Waals surface area contributed by atoms with E-state index in [0.717, 1.165) is 0 Å². The molecule has 0 saturated heterocycles. The van der Waals surface area contributed by atoms with Crippen LogP contribution in [-0.4, -0.2) is 15.0 Å². The molecule has 0 fully saturated rings. The number of rotatable bonds is 0. The standard InChI is InChI=1S/C6H5AsNP/c1-2-4-6-5(3-1)8-7-9-6/h1-4,8H. The number of fused-ring (bicyclic) bond motifs is 1. The van der Waals surface area contributed by atoms with E-state index in [1.165, 1.54) is 17.7 Å². The van der Waals surface area contributed by atoms with Gasteiger partial charge in [0.1, 0.15) is 0 Å². The van der Waals surface area contributed by atoms with E-state index in [1.807, 2.05) is 0 Å². The Hall–Kier alpha value is -0.122. The van der Waals surface area contributed by atoms with Crippen LogP contribution in [0.5, 0.6) is 0 Å². The van der Waals surface area contributed by atoms with E-state index in [0.29, 0.717) is 15.0 Å². The van der Waals surface area contributed by atoms with Gasteiger partial charge in [0.25, 0.3) is 0 Å². The number of benzene rings is 1. The van der Waals surface area contributed by atoms with Crippen molar-refractivity contribution in [2.45, 2.75) is 0 Å². The van der Waals surface area contributed by atoms with Crippen LogP contribution in [-0.2, 0) is 0 Å². The van der Waals surface area contributed by atoms with Gasteiger partial charge < -0.3 is 0 Å². The topological polar surface area (TPSA) is 12.0 Å². The van der Waals surface area contributed by atoms with Gasteiger partial charge in [0.05, 0.1) is 0 Å². The molecule has 1 aromatic carbocycles. The number of hydrogen-bond donors (Lipinski definition) is 1. The second kappa shape index (κ2) is 2.25. The van der Waals surface area contributed by atoms with Crippen LogP contribution in [0.2, 0.25) is 0 Å². The van der Waals surface area contributed by atoms with E-state index < -0.39 is 0 Å². The van der Waals surface area contributed by atoms with Crippen LogP contribution in [0.3, 0.4) is 0 Å². The molecule has 0 bridgehead atoms. The van der Waals surface area contributed by atoms with Crippen LogP contribution >= 0.6 is 6.69 Å². The first-order valence-electron chi connectivity index (χ1n) is 2.72. The molecule has 0 amide bonds. The molecule has 1 aromatic rings. The summed E-state index contributed by atoms with van der Waals surface area (Å²) in [6.07, 6.45) is 0. The molecule has 0 saturated carbocycles. The molecule has 0 radical (unpaired) electrons. The molecule has 0 aromatic heterocycles. The van der Waals surface area contributed by atoms with E-state index >= 15 is 0 Å². The van der Waals surface area contributed by atoms with Gasteiger partial charge in [-0.05, 0) is 0 Å². The molecule has 0 atom stereocenters. The second-order valence-corrected chi connectivity index (χ2v) is 5.70. The fraction of sp³-hybridized carbons (Fsp3) is 0. The van der Waals surface area contributed by atoms with E-state index in [9.17, 15) is 0 Å². The molecule has 1 heterocycles. The molecule has 0 spiro atoms. The first-order valence-corrected chi connectivity index (χ1v) is 7.03. The van der Waals surface area contributed by atoms with Crippen molar-refractivity contribution in [2.75, 3.05) is 4.23 Å². The average Bonchev–Trinajstić information content (AvgIpc) is 2.33. The van der Waals surface area contributed by atoms with Crippen LogP contribution in [0.15, 0.2) is 24.3 Å². The first-order chi connectivity index (χ1) is 4.47. The summed E-state index contributed by atoms with van der Waals surface area (Å²) in [5.41, 5.74) is 1.35. The molecular formula is C6H5AsNP. The van der Waals surface area contributed by atoms with Crippen molar-refractivity contribution >= 4 is 32.7 Å². The van der Waals surface area contributed by atoms with Gasteiger partial charge >= 0.3 is 61.2 Å². The first kappa shape index (κ1) is 5.65. The number of para-hydroxylation sites is 1. The molecule has 1 N–H and O–H groups in total. The summed E-state index contributed by atoms with van der Waals surface area (Å²) in [5.74, 6) is 0. The molecule has 0 unspecified atom stereocenters. The normalized spacial score (nSPS) is 16.4. The Bertz CT molecular complexity index is 259. The Morgan fingerprint density at radius 2 is 2.22 bits per heavy atom. The van der Waals surface area contributed by atoms with Crippen LogP contribution in [0.1, 0.15) is 0 Å². The molecule has 44 valence electrons. The maximum atomic E-state index is 3.38. The van der Waals surface area contributed by atoms with E-state index in [-0.39, 0.29) is 0 Å². The summed E-state index contributed by atoms with van der Waals surface area (Å²) >= 11 is 0.360. The van der Waals surface area contributed by atoms with Crippen molar-refractivity contribution in [1.29, 1.82) is 0 Å². The van der Waals surface area contributed by atoms with Gasteiger partial charge in [0.2, 0.25) is 0 Å². The Labute approximate surface area is 61.6 Å². The van der Waals surface area contributed by atoms with Crippen molar-refractivity contribution in [1.82, 2.24) is 0 Å². The van der Waals surface area contributed by atoms with Crippen LogP contribution < -0.4 is 9.54 Å². The fourth-order valence-electron chi connectivity index (χ4n) is 0.788. The SMILES string of the molecule is c1ccc2c(c1)N[As]=P2. The molecule has 9 heavy (non-hydrogen) atoms. The minimum atomic E-state index is 0.360. The van der Waals surface area contributed by atoms with E-state index in [1.54, 1.807) is 0 Å². The fourth-order valence-corrected chi connectivity index (χ4v) is 4.81. The van der Waals surface area contributed by atoms with Gasteiger partial charge in [-0.2, -0.15) is 0 Å². The number of hydrogen-bond acceptors (Lipinski definition) is 1. The summed E-state index contributed by atoms with van der Waals surface area (Å²) in [7, 11) is 0. The van der Waals surface area contributed by atoms with Gasteiger partial charge in [-0.15, -0.1) is 0 Å². The summed E-state index contributed by atoms with van der Waals surface area (Å²) in [6, 6.07) is 8.51. The zero-order valence-corrected chi connectivity index (χ0v) is 7.47. The van der Waals surface area contributed by atoms with Gasteiger partial charge in [0.15, 0.2) is 0 Å². The summed E-state index contributed by atoms with van der Waals surface area (Å²) in [4.78, 5) is 0. The third kappa shape index (κ3) is 0.956. The molecule has 3 heteroatoms. The van der Waals surface area contributed by atoms with Gasteiger partial charge in [-0.25, -0.2) is 0 Å². The van der Waals surface area contributed by atoms with Crippen molar-refractivity contribution < 1.29 is 0 Å². The zero-order valence-electron chi connectivity index (χ0n) is 4.70. The zero-order chi connectivity index (χ0) is 6.10. The minimum absolute atomic E-state index is 0.360. The molecule has 2 rings (SSSR count). The monoisotopic (exact) mass is 197 g/mol. The predicted octanol–water partition coefficient (Wildman–Crippen LogP) is 1.22. The Kier molecular flexibility index (Phi) is 1.41. The molecule has 1 aliphatic heterocycles. The third-order valence-electron chi connectivity index (χ3n) is 1.23. The van der Waals surface area contributed by atoms with Gasteiger partial charge in [-0.3, -0.25) is 0 Å². The molecule has 0 aliphatic carbocycles. The van der Waals surface area contributed by atoms with Crippen molar-refractivity contribution in [2.24, 2.45) is 0 Å². The Morgan fingerprint density at radius 1 is 1.33 bits per heavy atom. The Balaban J connectivity index is 2.63.